The van der Waals surface area contributed by atoms with Crippen molar-refractivity contribution in [3.05, 3.63) is 27.7 Å². The van der Waals surface area contributed by atoms with Crippen molar-refractivity contribution in [2.45, 2.75) is 0 Å². The molecule has 1 aromatic rings. The lowest BCUT2D eigenvalue weighted by Crippen LogP contribution is -2.50. The van der Waals surface area contributed by atoms with E-state index < -0.39 is 10.0 Å². The molecule has 0 atom stereocenters. The molecule has 1 aromatic carbocycles. The Hall–Kier alpha value is -1.02. The number of amides is 1. The lowest BCUT2D eigenvalue weighted by Gasteiger charge is -2.33. The summed E-state index contributed by atoms with van der Waals surface area (Å²) in [5, 5.41) is 0.435. The third-order valence-electron chi connectivity index (χ3n) is 3.30. The highest BCUT2D eigenvalue weighted by Gasteiger charge is 2.27. The first-order valence-corrected chi connectivity index (χ1v) is 8.79. The molecule has 0 radical (unpaired) electrons. The SMILES string of the molecule is CS(=O)(=O)N1CCN(C(=O)c2cc(N)c(Cl)c(Cl)c2)CC1. The first-order valence-electron chi connectivity index (χ1n) is 6.19. The maximum absolute atomic E-state index is 12.4. The van der Waals surface area contributed by atoms with E-state index in [1.165, 1.54) is 16.4 Å². The molecule has 21 heavy (non-hydrogen) atoms. The average Bonchev–Trinajstić information content (AvgIpc) is 2.42. The van der Waals surface area contributed by atoms with Crippen LogP contribution in [0.2, 0.25) is 10.0 Å². The first-order chi connectivity index (χ1) is 9.70. The highest BCUT2D eigenvalue weighted by molar-refractivity contribution is 7.88. The van der Waals surface area contributed by atoms with E-state index in [4.69, 9.17) is 28.9 Å². The van der Waals surface area contributed by atoms with Gasteiger partial charge in [0, 0.05) is 31.7 Å². The Labute approximate surface area is 133 Å². The summed E-state index contributed by atoms with van der Waals surface area (Å²) in [6.45, 7) is 1.21. The predicted octanol–water partition coefficient (Wildman–Crippen LogP) is 1.29. The summed E-state index contributed by atoms with van der Waals surface area (Å²) in [6, 6.07) is 2.94. The van der Waals surface area contributed by atoms with Crippen molar-refractivity contribution in [2.24, 2.45) is 0 Å². The number of hydrogen-bond acceptors (Lipinski definition) is 4. The van der Waals surface area contributed by atoms with Gasteiger partial charge in [-0.05, 0) is 12.1 Å². The molecule has 2 rings (SSSR count). The molecule has 0 saturated carbocycles. The predicted molar refractivity (Wildman–Crippen MR) is 83.2 cm³/mol. The molecule has 2 N–H and O–H groups in total. The molecule has 1 fully saturated rings. The number of carbonyl (C=O) groups excluding carboxylic acids is 1. The van der Waals surface area contributed by atoms with E-state index in [9.17, 15) is 13.2 Å². The number of piperazine rings is 1. The Morgan fingerprint density at radius 1 is 1.19 bits per heavy atom. The minimum Gasteiger partial charge on any atom is -0.397 e. The van der Waals surface area contributed by atoms with Gasteiger partial charge in [-0.3, -0.25) is 4.79 Å². The molecule has 0 unspecified atom stereocenters. The molecule has 1 heterocycles. The number of rotatable bonds is 2. The summed E-state index contributed by atoms with van der Waals surface area (Å²) in [7, 11) is -3.22. The molecular formula is C12H15Cl2N3O3S. The summed E-state index contributed by atoms with van der Waals surface area (Å²) in [5.74, 6) is -0.242. The maximum Gasteiger partial charge on any atom is 0.254 e. The molecule has 116 valence electrons. The van der Waals surface area contributed by atoms with Crippen molar-refractivity contribution >= 4 is 44.8 Å². The van der Waals surface area contributed by atoms with Gasteiger partial charge in [-0.1, -0.05) is 23.2 Å². The van der Waals surface area contributed by atoms with Crippen LogP contribution in [0.1, 0.15) is 10.4 Å². The monoisotopic (exact) mass is 351 g/mol. The Kier molecular flexibility index (Phi) is 4.67. The Morgan fingerprint density at radius 2 is 1.76 bits per heavy atom. The maximum atomic E-state index is 12.4. The molecule has 1 saturated heterocycles. The van der Waals surface area contributed by atoms with Gasteiger partial charge < -0.3 is 10.6 Å². The van der Waals surface area contributed by atoms with Crippen LogP contribution in [0.3, 0.4) is 0 Å². The van der Waals surface area contributed by atoms with Crippen molar-refractivity contribution in [1.29, 1.82) is 0 Å². The Balaban J connectivity index is 2.13. The standard InChI is InChI=1S/C12H15Cl2N3O3S/c1-21(19,20)17-4-2-16(3-5-17)12(18)8-6-9(13)11(14)10(15)7-8/h6-7H,2-5,15H2,1H3. The zero-order chi connectivity index (χ0) is 15.8. The fourth-order valence-corrected chi connectivity index (χ4v) is 3.30. The number of sulfonamides is 1. The van der Waals surface area contributed by atoms with Crippen LogP contribution in [0.4, 0.5) is 5.69 Å². The van der Waals surface area contributed by atoms with Gasteiger partial charge in [0.15, 0.2) is 0 Å². The fourth-order valence-electron chi connectivity index (χ4n) is 2.14. The second-order valence-corrected chi connectivity index (χ2v) is 7.58. The second-order valence-electron chi connectivity index (χ2n) is 4.82. The second kappa shape index (κ2) is 6.00. The van der Waals surface area contributed by atoms with Crippen molar-refractivity contribution in [2.75, 3.05) is 38.2 Å². The van der Waals surface area contributed by atoms with Crippen LogP contribution in [0.15, 0.2) is 12.1 Å². The van der Waals surface area contributed by atoms with Gasteiger partial charge in [-0.15, -0.1) is 0 Å². The summed E-state index contributed by atoms with van der Waals surface area (Å²) in [4.78, 5) is 13.9. The topological polar surface area (TPSA) is 83.7 Å². The first kappa shape index (κ1) is 16.4. The number of hydrogen-bond donors (Lipinski definition) is 1. The zero-order valence-electron chi connectivity index (χ0n) is 11.3. The van der Waals surface area contributed by atoms with Crippen LogP contribution in [-0.4, -0.2) is 56.0 Å². The van der Waals surface area contributed by atoms with Crippen LogP contribution in [0.25, 0.3) is 0 Å². The van der Waals surface area contributed by atoms with Crippen molar-refractivity contribution in [3.63, 3.8) is 0 Å². The summed E-state index contributed by atoms with van der Waals surface area (Å²) < 4.78 is 24.2. The Morgan fingerprint density at radius 3 is 2.24 bits per heavy atom. The van der Waals surface area contributed by atoms with E-state index in [2.05, 4.69) is 0 Å². The number of anilines is 1. The largest absolute Gasteiger partial charge is 0.397 e. The van der Waals surface area contributed by atoms with E-state index in [1.807, 2.05) is 0 Å². The Bertz CT molecular complexity index is 647. The van der Waals surface area contributed by atoms with Crippen LogP contribution >= 0.6 is 23.2 Å². The molecule has 6 nitrogen and oxygen atoms in total. The van der Waals surface area contributed by atoms with E-state index in [0.29, 0.717) is 18.7 Å². The molecule has 0 aromatic heterocycles. The summed E-state index contributed by atoms with van der Waals surface area (Å²) in [5.41, 5.74) is 6.27. The molecular weight excluding hydrogens is 337 g/mol. The van der Waals surface area contributed by atoms with Gasteiger partial charge in [0.2, 0.25) is 10.0 Å². The van der Waals surface area contributed by atoms with Crippen LogP contribution in [-0.2, 0) is 10.0 Å². The summed E-state index contributed by atoms with van der Waals surface area (Å²) in [6.07, 6.45) is 1.16. The van der Waals surface area contributed by atoms with Crippen molar-refractivity contribution in [1.82, 2.24) is 9.21 Å². The van der Waals surface area contributed by atoms with Gasteiger partial charge in [0.05, 0.1) is 22.0 Å². The number of carbonyl (C=O) groups is 1. The van der Waals surface area contributed by atoms with Gasteiger partial charge in [0.25, 0.3) is 5.91 Å². The quantitative estimate of drug-likeness (QED) is 0.813. The summed E-state index contributed by atoms with van der Waals surface area (Å²) >= 11 is 11.8. The van der Waals surface area contributed by atoms with Gasteiger partial charge >= 0.3 is 0 Å². The van der Waals surface area contributed by atoms with Gasteiger partial charge in [-0.2, -0.15) is 4.31 Å². The number of nitrogens with zero attached hydrogens (tertiary/aromatic N) is 2. The van der Waals surface area contributed by atoms with E-state index >= 15 is 0 Å². The van der Waals surface area contributed by atoms with Gasteiger partial charge in [0.1, 0.15) is 0 Å². The van der Waals surface area contributed by atoms with E-state index in [0.717, 1.165) is 6.26 Å². The highest BCUT2D eigenvalue weighted by atomic mass is 35.5. The smallest absolute Gasteiger partial charge is 0.254 e. The fraction of sp³-hybridized carbons (Fsp3) is 0.417. The molecule has 1 aliphatic rings. The minimum atomic E-state index is -3.22. The number of nitrogen functional groups attached to an aromatic ring is 1. The van der Waals surface area contributed by atoms with E-state index in [1.54, 1.807) is 4.90 Å². The number of benzene rings is 1. The lowest BCUT2D eigenvalue weighted by atomic mass is 10.1. The van der Waals surface area contributed by atoms with Crippen molar-refractivity contribution in [3.8, 4) is 0 Å². The normalized spacial score (nSPS) is 17.0. The molecule has 0 aliphatic carbocycles. The molecule has 0 bridgehead atoms. The third-order valence-corrected chi connectivity index (χ3v) is 5.42. The molecule has 1 amide bonds. The lowest BCUT2D eigenvalue weighted by molar-refractivity contribution is 0.0698. The number of nitrogens with two attached hydrogens (primary N) is 1. The molecule has 0 spiro atoms. The molecule has 9 heteroatoms. The third kappa shape index (κ3) is 3.60. The van der Waals surface area contributed by atoms with Crippen molar-refractivity contribution < 1.29 is 13.2 Å². The van der Waals surface area contributed by atoms with Crippen LogP contribution in [0, 0.1) is 0 Å². The molecule has 1 aliphatic heterocycles. The number of halogens is 2. The highest BCUT2D eigenvalue weighted by Crippen LogP contribution is 2.30. The average molecular weight is 352 g/mol. The van der Waals surface area contributed by atoms with Crippen LogP contribution < -0.4 is 5.73 Å². The van der Waals surface area contributed by atoms with Gasteiger partial charge in [-0.25, -0.2) is 8.42 Å². The zero-order valence-corrected chi connectivity index (χ0v) is 13.7. The minimum absolute atomic E-state index is 0.217. The van der Waals surface area contributed by atoms with Crippen LogP contribution in [0.5, 0.6) is 0 Å². The van der Waals surface area contributed by atoms with E-state index in [-0.39, 0.29) is 34.7 Å².